The quantitative estimate of drug-likeness (QED) is 0.497. The maximum Gasteiger partial charge on any atom is 0.416 e. The van der Waals surface area contributed by atoms with Crippen molar-refractivity contribution in [1.29, 1.82) is 0 Å². The van der Waals surface area contributed by atoms with Gasteiger partial charge in [0.15, 0.2) is 0 Å². The molecule has 0 N–H and O–H groups in total. The summed E-state index contributed by atoms with van der Waals surface area (Å²) < 4.78 is 39.7. The first-order valence-corrected chi connectivity index (χ1v) is 12.0. The molecule has 0 aromatic heterocycles. The molecule has 7 heteroatoms. The zero-order valence-corrected chi connectivity index (χ0v) is 19.9. The molecule has 3 rings (SSSR count). The number of anilines is 1. The summed E-state index contributed by atoms with van der Waals surface area (Å²) in [4.78, 5) is 29.9. The van der Waals surface area contributed by atoms with Gasteiger partial charge in [0.25, 0.3) is 5.91 Å². The second-order valence-corrected chi connectivity index (χ2v) is 9.35. The van der Waals surface area contributed by atoms with Crippen LogP contribution in [0.5, 0.6) is 0 Å². The van der Waals surface area contributed by atoms with Crippen molar-refractivity contribution < 1.29 is 22.8 Å². The predicted molar refractivity (Wildman–Crippen MR) is 128 cm³/mol. The van der Waals surface area contributed by atoms with Gasteiger partial charge < -0.3 is 9.80 Å². The molecule has 184 valence electrons. The van der Waals surface area contributed by atoms with Gasteiger partial charge in [0, 0.05) is 37.3 Å². The van der Waals surface area contributed by atoms with Crippen LogP contribution in [0.25, 0.3) is 0 Å². The Hall–Kier alpha value is -2.83. The number of fused-ring (bicyclic) bond motifs is 1. The highest BCUT2D eigenvalue weighted by Gasteiger charge is 2.31. The summed E-state index contributed by atoms with van der Waals surface area (Å²) in [5.74, 6) is -0.159. The number of nitrogens with zero attached hydrogens (tertiary/aromatic N) is 2. The third kappa shape index (κ3) is 6.84. The smallest absolute Gasteiger partial charge is 0.334 e. The summed E-state index contributed by atoms with van der Waals surface area (Å²) in [6, 6.07) is 12.1. The first kappa shape index (κ1) is 25.8. The molecule has 4 nitrogen and oxygen atoms in total. The molecular weight excluding hydrogens is 441 g/mol. The van der Waals surface area contributed by atoms with Gasteiger partial charge in [-0.25, -0.2) is 0 Å². The first-order valence-electron chi connectivity index (χ1n) is 12.0. The lowest BCUT2D eigenvalue weighted by Crippen LogP contribution is -2.36. The molecule has 1 aliphatic rings. The molecule has 0 unspecified atom stereocenters. The molecule has 2 aromatic carbocycles. The Balaban J connectivity index is 1.95. The van der Waals surface area contributed by atoms with Crippen molar-refractivity contribution in [3.05, 3.63) is 65.2 Å². The summed E-state index contributed by atoms with van der Waals surface area (Å²) in [5.41, 5.74) is 0.779. The van der Waals surface area contributed by atoms with E-state index in [1.165, 1.54) is 12.1 Å². The van der Waals surface area contributed by atoms with Crippen molar-refractivity contribution in [3.63, 3.8) is 0 Å². The third-order valence-corrected chi connectivity index (χ3v) is 6.06. The fraction of sp³-hybridized carbons (Fsp3) is 0.481. The normalized spacial score (nSPS) is 15.9. The van der Waals surface area contributed by atoms with Crippen molar-refractivity contribution in [2.24, 2.45) is 5.92 Å². The number of benzene rings is 2. The molecule has 0 spiro atoms. The lowest BCUT2D eigenvalue weighted by atomic mass is 10.0. The van der Waals surface area contributed by atoms with Gasteiger partial charge in [-0.2, -0.15) is 13.2 Å². The average molecular weight is 475 g/mol. The third-order valence-electron chi connectivity index (χ3n) is 6.06. The number of hydrogen-bond donors (Lipinski definition) is 0. The van der Waals surface area contributed by atoms with E-state index < -0.39 is 17.6 Å². The second kappa shape index (κ2) is 11.5. The van der Waals surface area contributed by atoms with Gasteiger partial charge in [-0.3, -0.25) is 9.59 Å². The maximum atomic E-state index is 13.3. The van der Waals surface area contributed by atoms with Gasteiger partial charge in [-0.05, 0) is 48.6 Å². The molecule has 34 heavy (non-hydrogen) atoms. The maximum absolute atomic E-state index is 13.3. The molecule has 1 heterocycles. The van der Waals surface area contributed by atoms with Crippen LogP contribution in [-0.2, 0) is 17.5 Å². The molecule has 2 aromatic rings. The Bertz CT molecular complexity index is 988. The SMILES string of the molecule is CC(C)CC(=O)N1CCCCCCCN(C(=O)c2cccc(C(F)(F)F)c2)Cc2ccccc21. The predicted octanol–water partition coefficient (Wildman–Crippen LogP) is 6.69. The van der Waals surface area contributed by atoms with Crippen LogP contribution in [0.1, 0.15) is 73.9 Å². The second-order valence-electron chi connectivity index (χ2n) is 9.35. The van der Waals surface area contributed by atoms with Gasteiger partial charge in [0.2, 0.25) is 5.91 Å². The van der Waals surface area contributed by atoms with Gasteiger partial charge in [0.05, 0.1) is 5.56 Å². The zero-order chi connectivity index (χ0) is 24.7. The van der Waals surface area contributed by atoms with Gasteiger partial charge in [-0.15, -0.1) is 0 Å². The molecule has 0 saturated heterocycles. The van der Waals surface area contributed by atoms with E-state index >= 15 is 0 Å². The Kier molecular flexibility index (Phi) is 8.75. The number of amides is 2. The summed E-state index contributed by atoms with van der Waals surface area (Å²) in [6.07, 6.45) is 0.500. The number of rotatable bonds is 3. The fourth-order valence-corrected chi connectivity index (χ4v) is 4.32. The highest BCUT2D eigenvalue weighted by molar-refractivity contribution is 5.96. The van der Waals surface area contributed by atoms with Crippen molar-refractivity contribution >= 4 is 17.5 Å². The van der Waals surface area contributed by atoms with Crippen molar-refractivity contribution in [1.82, 2.24) is 4.90 Å². The van der Waals surface area contributed by atoms with Crippen molar-refractivity contribution in [2.75, 3.05) is 18.0 Å². The molecule has 0 aliphatic carbocycles. The molecule has 0 bridgehead atoms. The number of halogens is 3. The zero-order valence-electron chi connectivity index (χ0n) is 19.9. The van der Waals surface area contributed by atoms with E-state index in [0.717, 1.165) is 55.5 Å². The molecule has 2 amide bonds. The number of para-hydroxylation sites is 1. The molecule has 0 atom stereocenters. The molecular formula is C27H33F3N2O2. The van der Waals surface area contributed by atoms with Crippen molar-refractivity contribution in [2.45, 2.75) is 65.1 Å². The number of carbonyl (C=O) groups excluding carboxylic acids is 2. The number of alkyl halides is 3. The van der Waals surface area contributed by atoms with Crippen molar-refractivity contribution in [3.8, 4) is 0 Å². The summed E-state index contributed by atoms with van der Waals surface area (Å²) in [7, 11) is 0. The molecule has 1 aliphatic heterocycles. The lowest BCUT2D eigenvalue weighted by Gasteiger charge is -2.30. The average Bonchev–Trinajstić information content (AvgIpc) is 2.78. The Labute approximate surface area is 199 Å². The summed E-state index contributed by atoms with van der Waals surface area (Å²) in [6.45, 7) is 5.32. The topological polar surface area (TPSA) is 40.6 Å². The van der Waals surface area contributed by atoms with E-state index in [2.05, 4.69) is 0 Å². The van der Waals surface area contributed by atoms with Crippen LogP contribution in [0.2, 0.25) is 0 Å². The van der Waals surface area contributed by atoms with Crippen LogP contribution < -0.4 is 4.90 Å². The van der Waals surface area contributed by atoms with Gasteiger partial charge in [0.1, 0.15) is 0 Å². The fourth-order valence-electron chi connectivity index (χ4n) is 4.32. The van der Waals surface area contributed by atoms with E-state index in [1.807, 2.05) is 43.0 Å². The Morgan fingerprint density at radius 2 is 1.59 bits per heavy atom. The van der Waals surface area contributed by atoms with E-state index in [1.54, 1.807) is 4.90 Å². The molecule has 0 fully saturated rings. The monoisotopic (exact) mass is 474 g/mol. The van der Waals surface area contributed by atoms with Crippen LogP contribution >= 0.6 is 0 Å². The van der Waals surface area contributed by atoms with E-state index in [0.29, 0.717) is 19.5 Å². The minimum atomic E-state index is -4.51. The van der Waals surface area contributed by atoms with Crippen LogP contribution in [-0.4, -0.2) is 29.8 Å². The van der Waals surface area contributed by atoms with Crippen LogP contribution in [0.3, 0.4) is 0 Å². The first-order chi connectivity index (χ1) is 16.2. The van der Waals surface area contributed by atoms with Crippen LogP contribution in [0.4, 0.5) is 18.9 Å². The van der Waals surface area contributed by atoms with E-state index in [-0.39, 0.29) is 23.9 Å². The highest BCUT2D eigenvalue weighted by Crippen LogP contribution is 2.30. The Morgan fingerprint density at radius 1 is 0.912 bits per heavy atom. The minimum absolute atomic E-state index is 0.0205. The van der Waals surface area contributed by atoms with Gasteiger partial charge >= 0.3 is 6.18 Å². The highest BCUT2D eigenvalue weighted by atomic mass is 19.4. The van der Waals surface area contributed by atoms with E-state index in [9.17, 15) is 22.8 Å². The summed E-state index contributed by atoms with van der Waals surface area (Å²) >= 11 is 0. The lowest BCUT2D eigenvalue weighted by molar-refractivity contribution is -0.137. The Morgan fingerprint density at radius 3 is 2.29 bits per heavy atom. The standard InChI is InChI=1S/C27H33F3N2O2/c1-20(2)17-25(33)32-16-9-5-3-4-8-15-31(19-22-11-6-7-14-24(22)32)26(34)21-12-10-13-23(18-21)27(28,29)30/h6-7,10-14,18,20H,3-5,8-9,15-17,19H2,1-2H3. The minimum Gasteiger partial charge on any atom is -0.334 e. The van der Waals surface area contributed by atoms with Crippen LogP contribution in [0.15, 0.2) is 48.5 Å². The van der Waals surface area contributed by atoms with Gasteiger partial charge in [-0.1, -0.05) is 57.4 Å². The molecule has 0 saturated carbocycles. The molecule has 0 radical (unpaired) electrons. The summed E-state index contributed by atoms with van der Waals surface area (Å²) in [5, 5.41) is 0. The number of hydrogen-bond acceptors (Lipinski definition) is 2. The van der Waals surface area contributed by atoms with Crippen LogP contribution in [0, 0.1) is 5.92 Å². The largest absolute Gasteiger partial charge is 0.416 e. The number of carbonyl (C=O) groups is 2. The van der Waals surface area contributed by atoms with E-state index in [4.69, 9.17) is 0 Å².